The number of amides is 1. The summed E-state index contributed by atoms with van der Waals surface area (Å²) in [7, 11) is -2.20. The molecule has 0 atom stereocenters. The molecule has 108 valence electrons. The van der Waals surface area contributed by atoms with Gasteiger partial charge < -0.3 is 5.32 Å². The second-order valence-electron chi connectivity index (χ2n) is 4.63. The zero-order chi connectivity index (χ0) is 14.8. The average Bonchev–Trinajstić information content (AvgIpc) is 2.66. The maximum Gasteiger partial charge on any atom is 0.252 e. The molecule has 0 aliphatic heterocycles. The molecule has 19 heavy (non-hydrogen) atoms. The van der Waals surface area contributed by atoms with Gasteiger partial charge in [-0.25, -0.2) is 18.1 Å². The average molecular weight is 326 g/mol. The van der Waals surface area contributed by atoms with Crippen LogP contribution in [0.2, 0.25) is 4.47 Å². The molecule has 1 heterocycles. The molecule has 1 rings (SSSR count). The second kappa shape index (κ2) is 5.74. The molecule has 0 bridgehead atoms. The Morgan fingerprint density at radius 1 is 1.47 bits per heavy atom. The van der Waals surface area contributed by atoms with Crippen LogP contribution in [0, 0.1) is 12.3 Å². The molecule has 0 spiro atoms. The third-order valence-corrected chi connectivity index (χ3v) is 5.79. The molecule has 0 unspecified atom stereocenters. The summed E-state index contributed by atoms with van der Waals surface area (Å²) in [5, 5.41) is 2.49. The standard InChI is InChI=1S/C10H16ClN3O3S2/c1-6-7(18-9(11)14-6)19(16,17)13-5-10(2,3)8(15)12-4/h13H,5H2,1-4H3,(H,12,15). The number of carbonyl (C=O) groups is 1. The van der Waals surface area contributed by atoms with E-state index in [4.69, 9.17) is 11.6 Å². The SMILES string of the molecule is CNC(=O)C(C)(C)CNS(=O)(=O)c1sc(Cl)nc1C. The zero-order valence-corrected chi connectivity index (χ0v) is 13.5. The zero-order valence-electron chi connectivity index (χ0n) is 11.1. The molecule has 0 aliphatic carbocycles. The molecular formula is C10H16ClN3O3S2. The second-order valence-corrected chi connectivity index (χ2v) is 8.17. The molecule has 0 aliphatic rings. The summed E-state index contributed by atoms with van der Waals surface area (Å²) in [5.41, 5.74) is -0.496. The van der Waals surface area contributed by atoms with E-state index in [1.807, 2.05) is 0 Å². The molecule has 0 radical (unpaired) electrons. The van der Waals surface area contributed by atoms with Gasteiger partial charge in [-0.2, -0.15) is 0 Å². The lowest BCUT2D eigenvalue weighted by molar-refractivity contribution is -0.128. The first-order valence-electron chi connectivity index (χ1n) is 5.45. The van der Waals surface area contributed by atoms with E-state index in [9.17, 15) is 13.2 Å². The van der Waals surface area contributed by atoms with Crippen molar-refractivity contribution in [3.8, 4) is 0 Å². The third kappa shape index (κ3) is 3.88. The molecule has 6 nitrogen and oxygen atoms in total. The molecule has 1 aromatic heterocycles. The third-order valence-electron chi connectivity index (χ3n) is 2.52. The molecule has 1 amide bonds. The van der Waals surface area contributed by atoms with Crippen LogP contribution in [0.4, 0.5) is 0 Å². The fourth-order valence-corrected chi connectivity index (χ4v) is 4.35. The highest BCUT2D eigenvalue weighted by Crippen LogP contribution is 2.27. The van der Waals surface area contributed by atoms with Crippen molar-refractivity contribution >= 4 is 38.9 Å². The Labute approximate surface area is 121 Å². The van der Waals surface area contributed by atoms with Crippen molar-refractivity contribution in [3.63, 3.8) is 0 Å². The van der Waals surface area contributed by atoms with Crippen LogP contribution in [0.15, 0.2) is 4.21 Å². The lowest BCUT2D eigenvalue weighted by Gasteiger charge is -2.22. The van der Waals surface area contributed by atoms with Gasteiger partial charge in [-0.3, -0.25) is 4.79 Å². The van der Waals surface area contributed by atoms with E-state index in [1.165, 1.54) is 7.05 Å². The fraction of sp³-hybridized carbons (Fsp3) is 0.600. The fourth-order valence-electron chi connectivity index (χ4n) is 1.36. The predicted octanol–water partition coefficient (Wildman–Crippen LogP) is 1.16. The summed E-state index contributed by atoms with van der Waals surface area (Å²) >= 11 is 6.58. The minimum atomic E-state index is -3.70. The Hall–Kier alpha value is -0.700. The Kier molecular flexibility index (Phi) is 4.94. The van der Waals surface area contributed by atoms with Crippen LogP contribution >= 0.6 is 22.9 Å². The summed E-state index contributed by atoms with van der Waals surface area (Å²) < 4.78 is 26.8. The number of aromatic nitrogens is 1. The summed E-state index contributed by atoms with van der Waals surface area (Å²) in [6.45, 7) is 4.87. The highest BCUT2D eigenvalue weighted by Gasteiger charge is 2.30. The van der Waals surface area contributed by atoms with Gasteiger partial charge in [0.15, 0.2) is 8.68 Å². The molecule has 0 saturated carbocycles. The summed E-state index contributed by atoms with van der Waals surface area (Å²) in [6.07, 6.45) is 0. The first kappa shape index (κ1) is 16.4. The van der Waals surface area contributed by atoms with Crippen molar-refractivity contribution in [2.24, 2.45) is 5.41 Å². The number of hydrogen-bond donors (Lipinski definition) is 2. The number of aryl methyl sites for hydroxylation is 1. The Balaban J connectivity index is 2.88. The number of sulfonamides is 1. The molecule has 0 fully saturated rings. The van der Waals surface area contributed by atoms with E-state index in [2.05, 4.69) is 15.0 Å². The number of nitrogens with zero attached hydrogens (tertiary/aromatic N) is 1. The highest BCUT2D eigenvalue weighted by molar-refractivity contribution is 7.91. The summed E-state index contributed by atoms with van der Waals surface area (Å²) in [6, 6.07) is 0. The van der Waals surface area contributed by atoms with Crippen molar-refractivity contribution in [3.05, 3.63) is 10.2 Å². The topological polar surface area (TPSA) is 88.2 Å². The maximum absolute atomic E-state index is 12.1. The minimum Gasteiger partial charge on any atom is -0.359 e. The molecule has 1 aromatic rings. The van der Waals surface area contributed by atoms with Gasteiger partial charge in [0.2, 0.25) is 5.91 Å². The highest BCUT2D eigenvalue weighted by atomic mass is 35.5. The summed E-state index contributed by atoms with van der Waals surface area (Å²) in [5.74, 6) is -0.241. The summed E-state index contributed by atoms with van der Waals surface area (Å²) in [4.78, 5) is 15.4. The van der Waals surface area contributed by atoms with E-state index < -0.39 is 15.4 Å². The van der Waals surface area contributed by atoms with Gasteiger partial charge in [0.05, 0.1) is 11.1 Å². The number of carbonyl (C=O) groups excluding carboxylic acids is 1. The van der Waals surface area contributed by atoms with Gasteiger partial charge in [0, 0.05) is 13.6 Å². The normalized spacial score (nSPS) is 12.5. The Bertz CT molecular complexity index is 581. The minimum absolute atomic E-state index is 0.00995. The monoisotopic (exact) mass is 325 g/mol. The maximum atomic E-state index is 12.1. The number of nitrogens with one attached hydrogen (secondary N) is 2. The lowest BCUT2D eigenvalue weighted by Crippen LogP contribution is -2.43. The number of halogens is 1. The van der Waals surface area contributed by atoms with Crippen LogP contribution in [0.1, 0.15) is 19.5 Å². The van der Waals surface area contributed by atoms with Crippen molar-refractivity contribution in [1.29, 1.82) is 0 Å². The van der Waals surface area contributed by atoms with Crippen molar-refractivity contribution in [1.82, 2.24) is 15.0 Å². The van der Waals surface area contributed by atoms with Gasteiger partial charge in [-0.05, 0) is 20.8 Å². The Morgan fingerprint density at radius 3 is 2.47 bits per heavy atom. The first-order chi connectivity index (χ1) is 8.60. The van der Waals surface area contributed by atoms with Gasteiger partial charge >= 0.3 is 0 Å². The molecule has 9 heteroatoms. The number of thiazole rings is 1. The quantitative estimate of drug-likeness (QED) is 0.850. The molecular weight excluding hydrogens is 310 g/mol. The van der Waals surface area contributed by atoms with Crippen molar-refractivity contribution in [2.75, 3.05) is 13.6 Å². The predicted molar refractivity (Wildman–Crippen MR) is 74.9 cm³/mol. The largest absolute Gasteiger partial charge is 0.359 e. The van der Waals surface area contributed by atoms with E-state index >= 15 is 0 Å². The van der Waals surface area contributed by atoms with Crippen LogP contribution in [-0.4, -0.2) is 32.9 Å². The van der Waals surface area contributed by atoms with Crippen molar-refractivity contribution in [2.45, 2.75) is 25.0 Å². The van der Waals surface area contributed by atoms with Crippen LogP contribution in [0.5, 0.6) is 0 Å². The van der Waals surface area contributed by atoms with Crippen LogP contribution in [0.3, 0.4) is 0 Å². The lowest BCUT2D eigenvalue weighted by atomic mass is 9.93. The molecule has 0 aromatic carbocycles. The first-order valence-corrected chi connectivity index (χ1v) is 8.12. The van der Waals surface area contributed by atoms with Crippen LogP contribution in [0.25, 0.3) is 0 Å². The Morgan fingerprint density at radius 2 is 2.05 bits per heavy atom. The number of hydrogen-bond acceptors (Lipinski definition) is 5. The number of rotatable bonds is 5. The van der Waals surface area contributed by atoms with E-state index in [0.717, 1.165) is 11.3 Å². The van der Waals surface area contributed by atoms with Gasteiger partial charge in [0.25, 0.3) is 10.0 Å². The van der Waals surface area contributed by atoms with Gasteiger partial charge in [-0.1, -0.05) is 22.9 Å². The molecule has 2 N–H and O–H groups in total. The van der Waals surface area contributed by atoms with E-state index in [1.54, 1.807) is 20.8 Å². The smallest absolute Gasteiger partial charge is 0.252 e. The van der Waals surface area contributed by atoms with E-state index in [-0.39, 0.29) is 21.1 Å². The van der Waals surface area contributed by atoms with Crippen LogP contribution in [-0.2, 0) is 14.8 Å². The molecule has 0 saturated heterocycles. The van der Waals surface area contributed by atoms with Crippen LogP contribution < -0.4 is 10.0 Å². The van der Waals surface area contributed by atoms with Gasteiger partial charge in [0.1, 0.15) is 0 Å². The van der Waals surface area contributed by atoms with E-state index in [0.29, 0.717) is 5.69 Å². The van der Waals surface area contributed by atoms with Gasteiger partial charge in [-0.15, -0.1) is 0 Å². The van der Waals surface area contributed by atoms with Crippen molar-refractivity contribution < 1.29 is 13.2 Å².